The van der Waals surface area contributed by atoms with Gasteiger partial charge in [0.2, 0.25) is 0 Å². The maximum Gasteiger partial charge on any atom is 0.417 e. The summed E-state index contributed by atoms with van der Waals surface area (Å²) in [4.78, 5) is 11.1. The zero-order chi connectivity index (χ0) is 21.3. The topological polar surface area (TPSA) is 75.3 Å². The van der Waals surface area contributed by atoms with Crippen LogP contribution in [0.2, 0.25) is 5.02 Å². The molecule has 0 fully saturated rings. The van der Waals surface area contributed by atoms with Crippen LogP contribution in [0.5, 0.6) is 0 Å². The van der Waals surface area contributed by atoms with Crippen LogP contribution >= 0.6 is 11.6 Å². The lowest BCUT2D eigenvalue weighted by molar-refractivity contribution is -0.139. The van der Waals surface area contributed by atoms with Crippen molar-refractivity contribution in [3.63, 3.8) is 0 Å². The molecule has 0 spiro atoms. The van der Waals surface area contributed by atoms with Gasteiger partial charge in [0.25, 0.3) is 15.9 Å². The largest absolute Gasteiger partial charge is 0.417 e. The fraction of sp³-hybridized carbons (Fsp3) is 0.278. The molecule has 0 saturated carbocycles. The van der Waals surface area contributed by atoms with Gasteiger partial charge >= 0.3 is 6.18 Å². The summed E-state index contributed by atoms with van der Waals surface area (Å²) in [7, 11) is -4.53. The van der Waals surface area contributed by atoms with Crippen molar-refractivity contribution >= 4 is 33.2 Å². The monoisotopic (exact) mass is 434 g/mol. The quantitative estimate of drug-likeness (QED) is 0.733. The minimum Gasteiger partial charge on any atom is -0.347 e. The normalized spacial score (nSPS) is 12.5. The van der Waals surface area contributed by atoms with Gasteiger partial charge in [-0.25, -0.2) is 8.42 Å². The van der Waals surface area contributed by atoms with Crippen LogP contribution in [-0.4, -0.2) is 19.9 Å². The van der Waals surface area contributed by atoms with Gasteiger partial charge in [0.15, 0.2) is 0 Å². The van der Waals surface area contributed by atoms with Crippen molar-refractivity contribution in [2.24, 2.45) is 0 Å². The molecule has 0 aliphatic carbocycles. The van der Waals surface area contributed by atoms with Gasteiger partial charge in [0.1, 0.15) is 0 Å². The van der Waals surface area contributed by atoms with E-state index in [-0.39, 0.29) is 22.2 Å². The van der Waals surface area contributed by atoms with E-state index in [1.165, 1.54) is 24.3 Å². The lowest BCUT2D eigenvalue weighted by atomic mass is 10.1. The molecule has 0 saturated heterocycles. The third kappa shape index (κ3) is 5.62. The molecular formula is C18H18ClF3N2O3S. The fourth-order valence-corrected chi connectivity index (χ4v) is 3.71. The van der Waals surface area contributed by atoms with Gasteiger partial charge in [-0.05, 0) is 63.2 Å². The molecule has 0 aliphatic rings. The number of alkyl halides is 3. The van der Waals surface area contributed by atoms with Crippen molar-refractivity contribution < 1.29 is 26.4 Å². The molecule has 0 atom stereocenters. The Morgan fingerprint density at radius 1 is 1.00 bits per heavy atom. The highest BCUT2D eigenvalue weighted by molar-refractivity contribution is 7.92. The van der Waals surface area contributed by atoms with E-state index in [2.05, 4.69) is 10.0 Å². The number of anilines is 1. The summed E-state index contributed by atoms with van der Waals surface area (Å²) in [6, 6.07) is 7.72. The number of rotatable bonds is 4. The van der Waals surface area contributed by atoms with E-state index in [9.17, 15) is 26.4 Å². The molecule has 2 aromatic carbocycles. The number of carbonyl (C=O) groups is 1. The van der Waals surface area contributed by atoms with Crippen LogP contribution in [-0.2, 0) is 16.2 Å². The number of benzene rings is 2. The van der Waals surface area contributed by atoms with Gasteiger partial charge in [0, 0.05) is 21.8 Å². The SMILES string of the molecule is CC(C)(C)NC(=O)c1ccc(NS(=O)(=O)c2ccc(Cl)cc2C(F)(F)F)cc1. The van der Waals surface area contributed by atoms with Crippen LogP contribution in [0, 0.1) is 0 Å². The standard InChI is InChI=1S/C18H18ClF3N2O3S/c1-17(2,3)23-16(25)11-4-7-13(8-5-11)24-28(26,27)15-9-6-12(19)10-14(15)18(20,21)22/h4-10,24H,1-3H3,(H,23,25). The first-order valence-electron chi connectivity index (χ1n) is 8.01. The molecule has 5 nitrogen and oxygen atoms in total. The Kier molecular flexibility index (Phi) is 6.01. The summed E-state index contributed by atoms with van der Waals surface area (Å²) < 4.78 is 66.5. The number of amides is 1. The lowest BCUT2D eigenvalue weighted by Gasteiger charge is -2.20. The van der Waals surface area contributed by atoms with E-state index in [0.29, 0.717) is 6.07 Å². The van der Waals surface area contributed by atoms with E-state index in [1.807, 2.05) is 0 Å². The maximum absolute atomic E-state index is 13.2. The van der Waals surface area contributed by atoms with Crippen LogP contribution in [0.25, 0.3) is 0 Å². The first-order valence-corrected chi connectivity index (χ1v) is 9.87. The van der Waals surface area contributed by atoms with E-state index < -0.39 is 32.2 Å². The van der Waals surface area contributed by atoms with Crippen molar-refractivity contribution in [2.75, 3.05) is 4.72 Å². The third-order valence-electron chi connectivity index (χ3n) is 3.42. The fourth-order valence-electron chi connectivity index (χ4n) is 2.27. The van der Waals surface area contributed by atoms with Crippen molar-refractivity contribution in [3.05, 3.63) is 58.6 Å². The van der Waals surface area contributed by atoms with Crippen molar-refractivity contribution in [1.29, 1.82) is 0 Å². The van der Waals surface area contributed by atoms with Crippen LogP contribution in [0.4, 0.5) is 18.9 Å². The third-order valence-corrected chi connectivity index (χ3v) is 5.10. The lowest BCUT2D eigenvalue weighted by Crippen LogP contribution is -2.40. The second-order valence-corrected chi connectivity index (χ2v) is 9.11. The number of nitrogens with one attached hydrogen (secondary N) is 2. The molecule has 1 amide bonds. The second kappa shape index (κ2) is 7.63. The molecule has 0 aliphatic heterocycles. The van der Waals surface area contributed by atoms with Crippen LogP contribution in [0.1, 0.15) is 36.7 Å². The van der Waals surface area contributed by atoms with E-state index in [1.54, 1.807) is 20.8 Å². The van der Waals surface area contributed by atoms with E-state index >= 15 is 0 Å². The zero-order valence-corrected chi connectivity index (χ0v) is 16.8. The first-order chi connectivity index (χ1) is 12.7. The predicted molar refractivity (Wildman–Crippen MR) is 101 cm³/mol. The van der Waals surface area contributed by atoms with Crippen LogP contribution < -0.4 is 10.0 Å². The molecule has 2 rings (SSSR count). The van der Waals surface area contributed by atoms with E-state index in [4.69, 9.17) is 11.6 Å². The molecule has 0 bridgehead atoms. The average Bonchev–Trinajstić information content (AvgIpc) is 2.52. The molecule has 10 heteroatoms. The van der Waals surface area contributed by atoms with E-state index in [0.717, 1.165) is 12.1 Å². The highest BCUT2D eigenvalue weighted by Crippen LogP contribution is 2.36. The minimum atomic E-state index is -4.90. The van der Waals surface area contributed by atoms with Gasteiger partial charge in [-0.2, -0.15) is 13.2 Å². The number of hydrogen-bond acceptors (Lipinski definition) is 3. The highest BCUT2D eigenvalue weighted by atomic mass is 35.5. The molecule has 2 N–H and O–H groups in total. The Labute approximate surface area is 166 Å². The Balaban J connectivity index is 2.30. The number of halogens is 4. The summed E-state index contributed by atoms with van der Waals surface area (Å²) in [5, 5.41) is 2.51. The Bertz CT molecular complexity index is 983. The average molecular weight is 435 g/mol. The summed E-state index contributed by atoms with van der Waals surface area (Å²) >= 11 is 5.57. The van der Waals surface area contributed by atoms with Gasteiger partial charge in [-0.15, -0.1) is 0 Å². The molecule has 0 heterocycles. The molecule has 152 valence electrons. The molecule has 0 radical (unpaired) electrons. The van der Waals surface area contributed by atoms with Crippen molar-refractivity contribution in [1.82, 2.24) is 5.32 Å². The molecule has 28 heavy (non-hydrogen) atoms. The molecular weight excluding hydrogens is 417 g/mol. The first kappa shape index (κ1) is 22.0. The number of carbonyl (C=O) groups excluding carboxylic acids is 1. The van der Waals surface area contributed by atoms with Gasteiger partial charge in [0.05, 0.1) is 10.5 Å². The smallest absolute Gasteiger partial charge is 0.347 e. The maximum atomic E-state index is 13.2. The molecule has 0 unspecified atom stereocenters. The molecule has 2 aromatic rings. The zero-order valence-electron chi connectivity index (χ0n) is 15.2. The Hall–Kier alpha value is -2.26. The summed E-state index contributed by atoms with van der Waals surface area (Å²) in [5.74, 6) is -0.362. The Morgan fingerprint density at radius 2 is 1.57 bits per heavy atom. The summed E-state index contributed by atoms with van der Waals surface area (Å²) in [5.41, 5.74) is -1.54. The predicted octanol–water partition coefficient (Wildman–Crippen LogP) is 4.69. The van der Waals surface area contributed by atoms with Crippen molar-refractivity contribution in [3.8, 4) is 0 Å². The van der Waals surface area contributed by atoms with Gasteiger partial charge < -0.3 is 5.32 Å². The Morgan fingerprint density at radius 3 is 2.07 bits per heavy atom. The second-order valence-electron chi connectivity index (χ2n) is 7.03. The summed E-state index contributed by atoms with van der Waals surface area (Å²) in [6.07, 6.45) is -4.90. The molecule has 0 aromatic heterocycles. The van der Waals surface area contributed by atoms with Gasteiger partial charge in [-0.3, -0.25) is 9.52 Å². The summed E-state index contributed by atoms with van der Waals surface area (Å²) in [6.45, 7) is 5.41. The van der Waals surface area contributed by atoms with Crippen LogP contribution in [0.15, 0.2) is 47.4 Å². The minimum absolute atomic E-state index is 0.00961. The highest BCUT2D eigenvalue weighted by Gasteiger charge is 2.37. The number of hydrogen-bond donors (Lipinski definition) is 2. The van der Waals surface area contributed by atoms with Crippen molar-refractivity contribution in [2.45, 2.75) is 37.4 Å². The van der Waals surface area contributed by atoms with Crippen LogP contribution in [0.3, 0.4) is 0 Å². The van der Waals surface area contributed by atoms with Gasteiger partial charge in [-0.1, -0.05) is 11.6 Å². The number of sulfonamides is 1.